The Morgan fingerprint density at radius 3 is 2.43 bits per heavy atom. The van der Waals surface area contributed by atoms with Crippen molar-refractivity contribution >= 4 is 34.8 Å². The highest BCUT2D eigenvalue weighted by Gasteiger charge is 2.40. The van der Waals surface area contributed by atoms with Gasteiger partial charge in [0.2, 0.25) is 0 Å². The third kappa shape index (κ3) is 3.85. The van der Waals surface area contributed by atoms with Crippen molar-refractivity contribution in [2.24, 2.45) is 0 Å². The number of hydrogen-bond acceptors (Lipinski definition) is 4. The van der Waals surface area contributed by atoms with Gasteiger partial charge in [-0.2, -0.15) is 0 Å². The van der Waals surface area contributed by atoms with E-state index in [-0.39, 0.29) is 11.8 Å². The van der Waals surface area contributed by atoms with Crippen LogP contribution < -0.4 is 9.64 Å². The van der Waals surface area contributed by atoms with E-state index in [0.717, 1.165) is 28.9 Å². The summed E-state index contributed by atoms with van der Waals surface area (Å²) in [4.78, 5) is 28.2. The summed E-state index contributed by atoms with van der Waals surface area (Å²) in [6.07, 6.45) is 0.890. The van der Waals surface area contributed by atoms with Crippen molar-refractivity contribution in [3.8, 4) is 5.75 Å². The lowest BCUT2D eigenvalue weighted by Gasteiger charge is -2.16. The molecule has 2 aromatic rings. The second-order valence-electron chi connectivity index (χ2n) is 6.73. The minimum Gasteiger partial charge on any atom is -0.494 e. The van der Waals surface area contributed by atoms with Crippen molar-refractivity contribution in [2.45, 2.75) is 34.1 Å². The quantitative estimate of drug-likeness (QED) is 0.610. The molecule has 0 saturated heterocycles. The Morgan fingerprint density at radius 2 is 1.75 bits per heavy atom. The van der Waals surface area contributed by atoms with E-state index >= 15 is 0 Å². The fourth-order valence-electron chi connectivity index (χ4n) is 3.11. The number of aryl methyl sites for hydroxylation is 2. The van der Waals surface area contributed by atoms with Gasteiger partial charge < -0.3 is 4.74 Å². The van der Waals surface area contributed by atoms with Gasteiger partial charge in [0.05, 0.1) is 22.8 Å². The van der Waals surface area contributed by atoms with Crippen LogP contribution in [0.5, 0.6) is 5.75 Å². The fraction of sp³-hybridized carbons (Fsp3) is 0.304. The molecule has 0 aromatic heterocycles. The van der Waals surface area contributed by atoms with Gasteiger partial charge in [-0.05, 0) is 54.8 Å². The van der Waals surface area contributed by atoms with E-state index in [1.807, 2.05) is 58.0 Å². The van der Waals surface area contributed by atoms with Gasteiger partial charge in [0.1, 0.15) is 5.75 Å². The van der Waals surface area contributed by atoms with Gasteiger partial charge in [0.25, 0.3) is 11.8 Å². The third-order valence-electron chi connectivity index (χ3n) is 4.67. The Labute approximate surface area is 170 Å². The highest BCUT2D eigenvalue weighted by atomic mass is 32.2. The van der Waals surface area contributed by atoms with Gasteiger partial charge in [-0.25, -0.2) is 4.90 Å². The van der Waals surface area contributed by atoms with Crippen LogP contribution in [0.15, 0.2) is 47.4 Å². The molecule has 28 heavy (non-hydrogen) atoms. The molecule has 146 valence electrons. The van der Waals surface area contributed by atoms with Crippen molar-refractivity contribution in [3.05, 3.63) is 64.1 Å². The largest absolute Gasteiger partial charge is 0.494 e. The van der Waals surface area contributed by atoms with Crippen molar-refractivity contribution < 1.29 is 14.3 Å². The summed E-state index contributed by atoms with van der Waals surface area (Å²) >= 11 is 1.42. The molecule has 2 aromatic carbocycles. The number of ether oxygens (including phenoxy) is 1. The number of benzene rings is 2. The Balaban J connectivity index is 2.03. The first-order chi connectivity index (χ1) is 13.5. The molecule has 0 N–H and O–H groups in total. The topological polar surface area (TPSA) is 46.6 Å². The summed E-state index contributed by atoms with van der Waals surface area (Å²) < 4.78 is 5.67. The molecule has 0 spiro atoms. The highest BCUT2D eigenvalue weighted by Crippen LogP contribution is 2.39. The summed E-state index contributed by atoms with van der Waals surface area (Å²) in [6, 6.07) is 13.1. The van der Waals surface area contributed by atoms with Crippen LogP contribution in [0.3, 0.4) is 0 Å². The average molecular weight is 396 g/mol. The summed E-state index contributed by atoms with van der Waals surface area (Å²) in [6.45, 7) is 8.65. The van der Waals surface area contributed by atoms with Gasteiger partial charge in [-0.15, -0.1) is 11.8 Å². The maximum atomic E-state index is 13.3. The molecule has 0 fully saturated rings. The fourth-order valence-corrected chi connectivity index (χ4v) is 3.96. The highest BCUT2D eigenvalue weighted by molar-refractivity contribution is 8.04. The minimum absolute atomic E-state index is 0.266. The lowest BCUT2D eigenvalue weighted by Crippen LogP contribution is -2.31. The number of carbonyl (C=O) groups is 2. The molecule has 1 aliphatic heterocycles. The normalized spacial score (nSPS) is 14.2. The molecule has 0 aliphatic carbocycles. The summed E-state index contributed by atoms with van der Waals surface area (Å²) in [5, 5.41) is 0. The molecule has 0 bridgehead atoms. The number of carbonyl (C=O) groups excluding carboxylic acids is 2. The zero-order valence-electron chi connectivity index (χ0n) is 16.7. The molecule has 0 radical (unpaired) electrons. The molecular formula is C23H25NO3S. The number of anilines is 1. The smallest absolute Gasteiger partial charge is 0.272 e. The van der Waals surface area contributed by atoms with Crippen LogP contribution in [-0.4, -0.2) is 24.2 Å². The van der Waals surface area contributed by atoms with E-state index in [4.69, 9.17) is 4.74 Å². The van der Waals surface area contributed by atoms with Crippen molar-refractivity contribution in [3.63, 3.8) is 0 Å². The number of thioether (sulfide) groups is 1. The first-order valence-electron chi connectivity index (χ1n) is 9.54. The van der Waals surface area contributed by atoms with E-state index in [2.05, 4.69) is 0 Å². The molecular weight excluding hydrogens is 370 g/mol. The molecule has 0 atom stereocenters. The monoisotopic (exact) mass is 395 g/mol. The molecule has 0 unspecified atom stereocenters. The van der Waals surface area contributed by atoms with E-state index < -0.39 is 0 Å². The maximum absolute atomic E-state index is 13.3. The average Bonchev–Trinajstić information content (AvgIpc) is 2.93. The van der Waals surface area contributed by atoms with Crippen molar-refractivity contribution in [2.75, 3.05) is 17.3 Å². The van der Waals surface area contributed by atoms with Crippen LogP contribution in [0.25, 0.3) is 5.57 Å². The van der Waals surface area contributed by atoms with Crippen LogP contribution in [0.2, 0.25) is 0 Å². The molecule has 0 saturated carbocycles. The van der Waals surface area contributed by atoms with Crippen molar-refractivity contribution in [1.82, 2.24) is 0 Å². The molecule has 2 amide bonds. The van der Waals surface area contributed by atoms with Crippen LogP contribution in [0.4, 0.5) is 5.69 Å². The van der Waals surface area contributed by atoms with Crippen LogP contribution in [-0.2, 0) is 9.59 Å². The predicted octanol–water partition coefficient (Wildman–Crippen LogP) is 5.13. The molecule has 1 aliphatic rings. The van der Waals surface area contributed by atoms with E-state index in [1.54, 1.807) is 12.1 Å². The standard InChI is InChI=1S/C23H25NO3S/c1-5-12-27-19-9-7-8-18(14-19)24-22(25)20(21(23(24)26)28-6-2)17-11-10-15(3)16(4)13-17/h7-11,13-14H,5-6,12H2,1-4H3. The van der Waals surface area contributed by atoms with E-state index in [9.17, 15) is 9.59 Å². The molecule has 4 nitrogen and oxygen atoms in total. The zero-order valence-corrected chi connectivity index (χ0v) is 17.6. The Kier molecular flexibility index (Phi) is 6.25. The zero-order chi connectivity index (χ0) is 20.3. The number of nitrogens with zero attached hydrogens (tertiary/aromatic N) is 1. The number of imide groups is 1. The summed E-state index contributed by atoms with van der Waals surface area (Å²) in [5.41, 5.74) is 4.07. The van der Waals surface area contributed by atoms with Crippen LogP contribution in [0.1, 0.15) is 37.0 Å². The predicted molar refractivity (Wildman–Crippen MR) is 116 cm³/mol. The minimum atomic E-state index is -0.281. The Hall–Kier alpha value is -2.53. The Bertz CT molecular complexity index is 949. The molecule has 5 heteroatoms. The van der Waals surface area contributed by atoms with E-state index in [0.29, 0.717) is 28.5 Å². The van der Waals surface area contributed by atoms with Crippen molar-refractivity contribution in [1.29, 1.82) is 0 Å². The summed E-state index contributed by atoms with van der Waals surface area (Å²) in [5.74, 6) is 0.828. The van der Waals surface area contributed by atoms with Gasteiger partial charge >= 0.3 is 0 Å². The van der Waals surface area contributed by atoms with E-state index in [1.165, 1.54) is 16.7 Å². The Morgan fingerprint density at radius 1 is 0.964 bits per heavy atom. The van der Waals surface area contributed by atoms with Gasteiger partial charge in [0, 0.05) is 6.07 Å². The number of hydrogen-bond donors (Lipinski definition) is 0. The second kappa shape index (κ2) is 8.65. The van der Waals surface area contributed by atoms with Crippen LogP contribution in [0, 0.1) is 13.8 Å². The number of rotatable bonds is 7. The maximum Gasteiger partial charge on any atom is 0.272 e. The summed E-state index contributed by atoms with van der Waals surface area (Å²) in [7, 11) is 0. The van der Waals surface area contributed by atoms with Gasteiger partial charge in [-0.3, -0.25) is 9.59 Å². The molecule has 1 heterocycles. The first kappa shape index (κ1) is 20.2. The third-order valence-corrected chi connectivity index (χ3v) is 5.63. The lowest BCUT2D eigenvalue weighted by molar-refractivity contribution is -0.119. The van der Waals surface area contributed by atoms with Gasteiger partial charge in [0.15, 0.2) is 0 Å². The SMILES string of the molecule is CCCOc1cccc(N2C(=O)C(SCC)=C(c3ccc(C)c(C)c3)C2=O)c1. The second-order valence-corrected chi connectivity index (χ2v) is 8.00. The number of amides is 2. The van der Waals surface area contributed by atoms with Gasteiger partial charge in [-0.1, -0.05) is 38.1 Å². The molecule has 3 rings (SSSR count). The lowest BCUT2D eigenvalue weighted by atomic mass is 10.0. The van der Waals surface area contributed by atoms with Crippen LogP contribution >= 0.6 is 11.8 Å². The first-order valence-corrected chi connectivity index (χ1v) is 10.5.